The van der Waals surface area contributed by atoms with Crippen molar-refractivity contribution in [3.63, 3.8) is 0 Å². The molecule has 0 fully saturated rings. The second-order valence-electron chi connectivity index (χ2n) is 8.66. The number of para-hydroxylation sites is 1. The standard InChI is InChI=1S/C28H36N2O4/c1-22(2)34-20-19-33-18-17-29-27(31)13-7-8-14-28(32)30-21-25-11-4-3-9-23(25)15-16-24-10-5-6-12-26(24)30/h3-6,9-12,15-16,22H,7-8,13-14,17-21H2,1-2H3,(H,29,31). The molecule has 2 aromatic rings. The van der Waals surface area contributed by atoms with E-state index < -0.39 is 0 Å². The fourth-order valence-electron chi connectivity index (χ4n) is 3.87. The minimum Gasteiger partial charge on any atom is -0.377 e. The van der Waals surface area contributed by atoms with Gasteiger partial charge in [-0.25, -0.2) is 0 Å². The molecule has 34 heavy (non-hydrogen) atoms. The average molecular weight is 465 g/mol. The summed E-state index contributed by atoms with van der Waals surface area (Å²) in [5.74, 6) is 0.0696. The van der Waals surface area contributed by atoms with E-state index in [1.54, 1.807) is 0 Å². The number of anilines is 1. The fraction of sp³-hybridized carbons (Fsp3) is 0.429. The maximum atomic E-state index is 13.2. The van der Waals surface area contributed by atoms with Crippen molar-refractivity contribution in [3.8, 4) is 0 Å². The van der Waals surface area contributed by atoms with Gasteiger partial charge in [-0.05, 0) is 49.4 Å². The van der Waals surface area contributed by atoms with Gasteiger partial charge in [-0.3, -0.25) is 9.59 Å². The first-order valence-electron chi connectivity index (χ1n) is 12.2. The molecular weight excluding hydrogens is 428 g/mol. The Bertz CT molecular complexity index is 970. The highest BCUT2D eigenvalue weighted by Crippen LogP contribution is 2.29. The molecule has 2 aromatic carbocycles. The van der Waals surface area contributed by atoms with E-state index in [2.05, 4.69) is 29.6 Å². The van der Waals surface area contributed by atoms with Gasteiger partial charge in [-0.2, -0.15) is 0 Å². The SMILES string of the molecule is CC(C)OCCOCCNC(=O)CCCCC(=O)N1Cc2ccccc2C=Cc2ccccc21. The number of nitrogens with one attached hydrogen (secondary N) is 1. The number of benzene rings is 2. The number of ether oxygens (including phenoxy) is 2. The Kier molecular flexibility index (Phi) is 10.3. The van der Waals surface area contributed by atoms with Crippen molar-refractivity contribution >= 4 is 29.7 Å². The Morgan fingerprint density at radius 2 is 1.62 bits per heavy atom. The van der Waals surface area contributed by atoms with Crippen LogP contribution in [0.1, 0.15) is 56.2 Å². The molecule has 0 aliphatic carbocycles. The second kappa shape index (κ2) is 13.7. The Morgan fingerprint density at radius 3 is 2.44 bits per heavy atom. The zero-order valence-electron chi connectivity index (χ0n) is 20.3. The highest BCUT2D eigenvalue weighted by molar-refractivity contribution is 5.97. The largest absolute Gasteiger partial charge is 0.377 e. The van der Waals surface area contributed by atoms with E-state index in [0.717, 1.165) is 22.4 Å². The minimum atomic E-state index is -0.00912. The molecule has 182 valence electrons. The minimum absolute atomic E-state index is 0.00912. The predicted molar refractivity (Wildman–Crippen MR) is 136 cm³/mol. The summed E-state index contributed by atoms with van der Waals surface area (Å²) in [5.41, 5.74) is 4.21. The Balaban J connectivity index is 1.42. The van der Waals surface area contributed by atoms with Crippen LogP contribution in [0.5, 0.6) is 0 Å². The molecule has 0 radical (unpaired) electrons. The number of fused-ring (bicyclic) bond motifs is 2. The second-order valence-corrected chi connectivity index (χ2v) is 8.66. The van der Waals surface area contributed by atoms with Gasteiger partial charge < -0.3 is 19.7 Å². The molecule has 0 saturated carbocycles. The lowest BCUT2D eigenvalue weighted by Crippen LogP contribution is -2.31. The summed E-state index contributed by atoms with van der Waals surface area (Å²) in [6.45, 7) is 6.54. The van der Waals surface area contributed by atoms with E-state index in [0.29, 0.717) is 58.6 Å². The Morgan fingerprint density at radius 1 is 0.912 bits per heavy atom. The van der Waals surface area contributed by atoms with E-state index in [9.17, 15) is 9.59 Å². The number of unbranched alkanes of at least 4 members (excludes halogenated alkanes) is 1. The number of carbonyl (C=O) groups excluding carboxylic acids is 2. The van der Waals surface area contributed by atoms with Crippen molar-refractivity contribution in [1.82, 2.24) is 5.32 Å². The topological polar surface area (TPSA) is 67.9 Å². The van der Waals surface area contributed by atoms with Gasteiger partial charge in [0.05, 0.1) is 38.2 Å². The molecule has 0 bridgehead atoms. The highest BCUT2D eigenvalue weighted by Gasteiger charge is 2.20. The van der Waals surface area contributed by atoms with Gasteiger partial charge in [0, 0.05) is 19.4 Å². The maximum absolute atomic E-state index is 13.2. The number of amides is 2. The van der Waals surface area contributed by atoms with Crippen molar-refractivity contribution in [1.29, 1.82) is 0 Å². The lowest BCUT2D eigenvalue weighted by atomic mass is 10.0. The third-order valence-corrected chi connectivity index (χ3v) is 5.65. The van der Waals surface area contributed by atoms with Crippen LogP contribution in [0.4, 0.5) is 5.69 Å². The van der Waals surface area contributed by atoms with Crippen LogP contribution in [0.25, 0.3) is 12.2 Å². The quantitative estimate of drug-likeness (QED) is 0.457. The van der Waals surface area contributed by atoms with Crippen LogP contribution in [0, 0.1) is 0 Å². The number of nitrogens with zero attached hydrogens (tertiary/aromatic N) is 1. The maximum Gasteiger partial charge on any atom is 0.227 e. The van der Waals surface area contributed by atoms with Crippen molar-refractivity contribution < 1.29 is 19.1 Å². The summed E-state index contributed by atoms with van der Waals surface area (Å²) in [7, 11) is 0. The van der Waals surface area contributed by atoms with Gasteiger partial charge in [-0.1, -0.05) is 54.6 Å². The summed E-state index contributed by atoms with van der Waals surface area (Å²) in [5, 5.41) is 2.87. The lowest BCUT2D eigenvalue weighted by Gasteiger charge is -2.27. The summed E-state index contributed by atoms with van der Waals surface area (Å²) in [6, 6.07) is 16.1. The lowest BCUT2D eigenvalue weighted by molar-refractivity contribution is -0.122. The van der Waals surface area contributed by atoms with Crippen LogP contribution >= 0.6 is 0 Å². The van der Waals surface area contributed by atoms with Gasteiger partial charge in [0.2, 0.25) is 11.8 Å². The summed E-state index contributed by atoms with van der Waals surface area (Å²) in [4.78, 5) is 27.1. The molecule has 1 N–H and O–H groups in total. The molecule has 0 unspecified atom stereocenters. The van der Waals surface area contributed by atoms with E-state index in [-0.39, 0.29) is 17.9 Å². The Hall–Kier alpha value is -2.96. The molecule has 3 rings (SSSR count). The molecule has 0 aromatic heterocycles. The van der Waals surface area contributed by atoms with Crippen molar-refractivity contribution in [2.24, 2.45) is 0 Å². The predicted octanol–water partition coefficient (Wildman–Crippen LogP) is 4.82. The molecular formula is C28H36N2O4. The normalized spacial score (nSPS) is 12.6. The zero-order valence-corrected chi connectivity index (χ0v) is 20.3. The van der Waals surface area contributed by atoms with Crippen molar-refractivity contribution in [2.75, 3.05) is 31.3 Å². The Labute approximate surface area is 202 Å². The molecule has 0 spiro atoms. The van der Waals surface area contributed by atoms with Crippen LogP contribution < -0.4 is 10.2 Å². The highest BCUT2D eigenvalue weighted by atomic mass is 16.5. The van der Waals surface area contributed by atoms with Crippen LogP contribution in [0.3, 0.4) is 0 Å². The first-order chi connectivity index (χ1) is 16.5. The van der Waals surface area contributed by atoms with E-state index in [1.165, 1.54) is 0 Å². The van der Waals surface area contributed by atoms with Crippen molar-refractivity contribution in [3.05, 3.63) is 65.2 Å². The number of hydrogen-bond acceptors (Lipinski definition) is 4. The van der Waals surface area contributed by atoms with Gasteiger partial charge in [0.1, 0.15) is 0 Å². The molecule has 1 aliphatic rings. The first-order valence-corrected chi connectivity index (χ1v) is 12.2. The summed E-state index contributed by atoms with van der Waals surface area (Å²) < 4.78 is 10.8. The zero-order chi connectivity index (χ0) is 24.2. The molecule has 1 aliphatic heterocycles. The van der Waals surface area contributed by atoms with Crippen LogP contribution in [-0.2, 0) is 25.6 Å². The average Bonchev–Trinajstić information content (AvgIpc) is 2.82. The van der Waals surface area contributed by atoms with E-state index in [4.69, 9.17) is 9.47 Å². The van der Waals surface area contributed by atoms with Gasteiger partial charge in [0.25, 0.3) is 0 Å². The monoisotopic (exact) mass is 464 g/mol. The number of carbonyl (C=O) groups is 2. The summed E-state index contributed by atoms with van der Waals surface area (Å²) >= 11 is 0. The molecule has 6 heteroatoms. The summed E-state index contributed by atoms with van der Waals surface area (Å²) in [6.07, 6.45) is 6.54. The van der Waals surface area contributed by atoms with Crippen LogP contribution in [0.15, 0.2) is 48.5 Å². The van der Waals surface area contributed by atoms with Gasteiger partial charge >= 0.3 is 0 Å². The first kappa shape index (κ1) is 25.7. The van der Waals surface area contributed by atoms with Crippen LogP contribution in [0.2, 0.25) is 0 Å². The van der Waals surface area contributed by atoms with Crippen LogP contribution in [-0.4, -0.2) is 44.3 Å². The third-order valence-electron chi connectivity index (χ3n) is 5.65. The third kappa shape index (κ3) is 8.12. The van der Waals surface area contributed by atoms with Crippen molar-refractivity contribution in [2.45, 2.75) is 52.2 Å². The molecule has 0 saturated heterocycles. The number of hydrogen-bond donors (Lipinski definition) is 1. The van der Waals surface area contributed by atoms with E-state index >= 15 is 0 Å². The van der Waals surface area contributed by atoms with Gasteiger partial charge in [-0.15, -0.1) is 0 Å². The fourth-order valence-corrected chi connectivity index (χ4v) is 3.87. The molecule has 1 heterocycles. The smallest absolute Gasteiger partial charge is 0.227 e. The van der Waals surface area contributed by atoms with Gasteiger partial charge in [0.15, 0.2) is 0 Å². The molecule has 0 atom stereocenters. The number of rotatable bonds is 12. The van der Waals surface area contributed by atoms with E-state index in [1.807, 2.05) is 55.1 Å². The molecule has 6 nitrogen and oxygen atoms in total. The molecule has 2 amide bonds.